The molecule has 0 saturated carbocycles. The van der Waals surface area contributed by atoms with Crippen molar-refractivity contribution in [3.63, 3.8) is 0 Å². The fourth-order valence-electron chi connectivity index (χ4n) is 4.47. The van der Waals surface area contributed by atoms with E-state index in [1.807, 2.05) is 60.2 Å². The Bertz CT molecular complexity index is 1360. The number of aryl methyl sites for hydroxylation is 1. The van der Waals surface area contributed by atoms with Gasteiger partial charge in [-0.1, -0.05) is 42.0 Å². The maximum absolute atomic E-state index is 13.7. The molecule has 0 bridgehead atoms. The Labute approximate surface area is 195 Å². The van der Waals surface area contributed by atoms with Crippen LogP contribution in [0.15, 0.2) is 66.0 Å². The largest absolute Gasteiger partial charge is 0.350 e. The van der Waals surface area contributed by atoms with Gasteiger partial charge in [0.15, 0.2) is 0 Å². The number of amides is 2. The Kier molecular flexibility index (Phi) is 5.29. The highest BCUT2D eigenvalue weighted by atomic mass is 32.1. The van der Waals surface area contributed by atoms with Crippen LogP contribution in [-0.2, 0) is 24.4 Å². The number of benzene rings is 2. The standard InChI is InChI=1S/C26H24FN3O2S/c1-17-4-3-5-19(12-17)15-30-23(31)22-13-20-10-11-33-24(20)29(22)16-26(30,2)25(32)28-14-18-6-8-21(27)9-7-18/h3-13H,14-16H2,1-2H3,(H,28,32)/t26-/m1/s1. The molecule has 2 aromatic heterocycles. The summed E-state index contributed by atoms with van der Waals surface area (Å²) in [6.07, 6.45) is 0. The molecule has 3 heterocycles. The molecular formula is C26H24FN3O2S. The number of fused-ring (bicyclic) bond motifs is 3. The lowest BCUT2D eigenvalue weighted by atomic mass is 9.93. The van der Waals surface area contributed by atoms with Crippen molar-refractivity contribution in [3.05, 3.63) is 94.2 Å². The van der Waals surface area contributed by atoms with Crippen molar-refractivity contribution in [1.82, 2.24) is 14.8 Å². The second kappa shape index (κ2) is 8.15. The van der Waals surface area contributed by atoms with Gasteiger partial charge in [0.1, 0.15) is 21.9 Å². The summed E-state index contributed by atoms with van der Waals surface area (Å²) < 4.78 is 15.2. The van der Waals surface area contributed by atoms with E-state index >= 15 is 0 Å². The van der Waals surface area contributed by atoms with E-state index in [1.165, 1.54) is 12.1 Å². The number of carbonyl (C=O) groups excluding carboxylic acids is 2. The van der Waals surface area contributed by atoms with Crippen LogP contribution in [0.4, 0.5) is 4.39 Å². The molecule has 1 atom stereocenters. The smallest absolute Gasteiger partial charge is 0.271 e. The van der Waals surface area contributed by atoms with E-state index in [4.69, 9.17) is 0 Å². The van der Waals surface area contributed by atoms with Gasteiger partial charge in [0, 0.05) is 18.5 Å². The maximum Gasteiger partial charge on any atom is 0.271 e. The highest BCUT2D eigenvalue weighted by molar-refractivity contribution is 7.16. The first-order valence-electron chi connectivity index (χ1n) is 10.8. The van der Waals surface area contributed by atoms with E-state index in [9.17, 15) is 14.0 Å². The Hall–Kier alpha value is -3.45. The van der Waals surface area contributed by atoms with Crippen molar-refractivity contribution in [2.45, 2.75) is 39.0 Å². The van der Waals surface area contributed by atoms with Crippen LogP contribution in [0.2, 0.25) is 0 Å². The topological polar surface area (TPSA) is 54.3 Å². The van der Waals surface area contributed by atoms with Crippen molar-refractivity contribution >= 4 is 33.4 Å². The molecule has 0 unspecified atom stereocenters. The van der Waals surface area contributed by atoms with E-state index in [-0.39, 0.29) is 24.2 Å². The number of aromatic nitrogens is 1. The summed E-state index contributed by atoms with van der Waals surface area (Å²) in [7, 11) is 0. The van der Waals surface area contributed by atoms with E-state index in [1.54, 1.807) is 28.4 Å². The molecule has 2 aromatic carbocycles. The zero-order chi connectivity index (χ0) is 23.2. The van der Waals surface area contributed by atoms with E-state index in [0.717, 1.165) is 26.9 Å². The molecule has 1 N–H and O–H groups in total. The number of nitrogens with one attached hydrogen (secondary N) is 1. The third-order valence-electron chi connectivity index (χ3n) is 6.31. The first-order chi connectivity index (χ1) is 15.8. The fourth-order valence-corrected chi connectivity index (χ4v) is 5.37. The molecule has 4 aromatic rings. The van der Waals surface area contributed by atoms with Crippen molar-refractivity contribution in [3.8, 4) is 0 Å². The number of thiophene rings is 1. The summed E-state index contributed by atoms with van der Waals surface area (Å²) in [5, 5.41) is 5.98. The van der Waals surface area contributed by atoms with Gasteiger partial charge in [0.25, 0.3) is 5.91 Å². The van der Waals surface area contributed by atoms with Crippen LogP contribution in [0, 0.1) is 12.7 Å². The minimum atomic E-state index is -1.09. The molecule has 0 saturated heterocycles. The average Bonchev–Trinajstić information content (AvgIpc) is 3.38. The summed E-state index contributed by atoms with van der Waals surface area (Å²) in [5.41, 5.74) is 2.38. The monoisotopic (exact) mass is 461 g/mol. The van der Waals surface area contributed by atoms with E-state index in [0.29, 0.717) is 18.8 Å². The van der Waals surface area contributed by atoms with Gasteiger partial charge in [-0.05, 0) is 54.6 Å². The summed E-state index contributed by atoms with van der Waals surface area (Å²) >= 11 is 1.57. The van der Waals surface area contributed by atoms with Gasteiger partial charge in [-0.15, -0.1) is 11.3 Å². The summed E-state index contributed by atoms with van der Waals surface area (Å²) in [6.45, 7) is 4.78. The van der Waals surface area contributed by atoms with Crippen LogP contribution in [0.1, 0.15) is 34.1 Å². The third kappa shape index (κ3) is 3.82. The molecule has 2 amide bonds. The first-order valence-corrected chi connectivity index (χ1v) is 11.7. The molecule has 7 heteroatoms. The number of hydrogen-bond donors (Lipinski definition) is 1. The Balaban J connectivity index is 1.50. The SMILES string of the molecule is Cc1cccc(CN2C(=O)c3cc4ccsc4n3C[C@]2(C)C(=O)NCc2ccc(F)cc2)c1. The van der Waals surface area contributed by atoms with Crippen LogP contribution >= 0.6 is 11.3 Å². The highest BCUT2D eigenvalue weighted by Gasteiger charge is 2.47. The van der Waals surface area contributed by atoms with Gasteiger partial charge < -0.3 is 14.8 Å². The molecule has 0 spiro atoms. The number of hydrogen-bond acceptors (Lipinski definition) is 3. The van der Waals surface area contributed by atoms with Gasteiger partial charge in [-0.3, -0.25) is 9.59 Å². The van der Waals surface area contributed by atoms with Crippen LogP contribution in [0.5, 0.6) is 0 Å². The van der Waals surface area contributed by atoms with Gasteiger partial charge in [0.2, 0.25) is 5.91 Å². The predicted molar refractivity (Wildman–Crippen MR) is 128 cm³/mol. The second-order valence-electron chi connectivity index (χ2n) is 8.76. The molecule has 0 fully saturated rings. The maximum atomic E-state index is 13.7. The van der Waals surface area contributed by atoms with Gasteiger partial charge in [-0.25, -0.2) is 4.39 Å². The molecular weight excluding hydrogens is 437 g/mol. The highest BCUT2D eigenvalue weighted by Crippen LogP contribution is 2.35. The summed E-state index contributed by atoms with van der Waals surface area (Å²) in [5.74, 6) is -0.721. The lowest BCUT2D eigenvalue weighted by Gasteiger charge is -2.44. The Morgan fingerprint density at radius 1 is 1.12 bits per heavy atom. The molecule has 0 aliphatic carbocycles. The van der Waals surface area contributed by atoms with Crippen molar-refractivity contribution in [1.29, 1.82) is 0 Å². The Morgan fingerprint density at radius 2 is 1.91 bits per heavy atom. The van der Waals surface area contributed by atoms with Crippen molar-refractivity contribution in [2.75, 3.05) is 0 Å². The normalized spacial score (nSPS) is 17.9. The van der Waals surface area contributed by atoms with E-state index < -0.39 is 5.54 Å². The minimum absolute atomic E-state index is 0.161. The van der Waals surface area contributed by atoms with Crippen LogP contribution in [-0.4, -0.2) is 26.8 Å². The zero-order valence-corrected chi connectivity index (χ0v) is 19.3. The quantitative estimate of drug-likeness (QED) is 0.461. The van der Waals surface area contributed by atoms with Crippen LogP contribution in [0.25, 0.3) is 10.2 Å². The zero-order valence-electron chi connectivity index (χ0n) is 18.5. The second-order valence-corrected chi connectivity index (χ2v) is 9.65. The van der Waals surface area contributed by atoms with Gasteiger partial charge in [-0.2, -0.15) is 0 Å². The fraction of sp³-hybridized carbons (Fsp3) is 0.231. The molecule has 5 rings (SSSR count). The van der Waals surface area contributed by atoms with Crippen LogP contribution < -0.4 is 5.32 Å². The van der Waals surface area contributed by atoms with E-state index in [2.05, 4.69) is 5.32 Å². The lowest BCUT2D eigenvalue weighted by molar-refractivity contribution is -0.133. The summed E-state index contributed by atoms with van der Waals surface area (Å²) in [6, 6.07) is 17.9. The molecule has 1 aliphatic rings. The van der Waals surface area contributed by atoms with Crippen molar-refractivity contribution in [2.24, 2.45) is 0 Å². The molecule has 168 valence electrons. The number of halogens is 1. The number of rotatable bonds is 5. The molecule has 5 nitrogen and oxygen atoms in total. The number of carbonyl (C=O) groups is 2. The molecule has 0 radical (unpaired) electrons. The average molecular weight is 462 g/mol. The lowest BCUT2D eigenvalue weighted by Crippen LogP contribution is -2.63. The predicted octanol–water partition coefficient (Wildman–Crippen LogP) is 4.88. The summed E-state index contributed by atoms with van der Waals surface area (Å²) in [4.78, 5) is 30.0. The molecule has 1 aliphatic heterocycles. The third-order valence-corrected chi connectivity index (χ3v) is 7.26. The van der Waals surface area contributed by atoms with Gasteiger partial charge in [0.05, 0.1) is 6.54 Å². The first kappa shape index (κ1) is 21.4. The molecule has 33 heavy (non-hydrogen) atoms. The van der Waals surface area contributed by atoms with Gasteiger partial charge >= 0.3 is 0 Å². The van der Waals surface area contributed by atoms with Crippen molar-refractivity contribution < 1.29 is 14.0 Å². The number of nitrogens with zero attached hydrogens (tertiary/aromatic N) is 2. The Morgan fingerprint density at radius 3 is 2.67 bits per heavy atom. The minimum Gasteiger partial charge on any atom is -0.350 e. The van der Waals surface area contributed by atoms with Crippen LogP contribution in [0.3, 0.4) is 0 Å².